The topological polar surface area (TPSA) is 234 Å². The van der Waals surface area contributed by atoms with Gasteiger partial charge in [0.2, 0.25) is 0 Å². The Balaban J connectivity index is -0.00000277. The maximum atomic E-state index is 11.7. The molecule has 0 fully saturated rings. The van der Waals surface area contributed by atoms with E-state index < -0.39 is 5.97 Å². The molecule has 0 amide bonds. The number of rotatable bonds is 11. The van der Waals surface area contributed by atoms with Crippen LogP contribution in [0.2, 0.25) is 0 Å². The summed E-state index contributed by atoms with van der Waals surface area (Å²) < 4.78 is 4.49. The third kappa shape index (κ3) is 10.8. The van der Waals surface area contributed by atoms with E-state index in [2.05, 4.69) is 72.4 Å². The molecule has 0 bridgehead atoms. The molecule has 0 saturated heterocycles. The monoisotopic (exact) mass is 697 g/mol. The van der Waals surface area contributed by atoms with Gasteiger partial charge in [-0.1, -0.05) is 49.4 Å². The summed E-state index contributed by atoms with van der Waals surface area (Å²) in [6, 6.07) is 19.7. The standard InChI is InChI=1S/C33H37N5O2.2ClH.5H2O/c1-5-9-31-35-32-23(2)18-26(29-21-37(22-34-29)17-8-16-36(3)4)19-30(32)38(31)20-24-12-14-25(15-13-24)27-10-6-7-11-28(27)33(39)40;;;;;;;/h6-7,10-15,18-19,21-22H,5,8-9,16-17,20H2,1-4H3,(H,39,40);2*1H;5*1H2. The second-order valence-electron chi connectivity index (χ2n) is 10.7. The number of fused-ring (bicyclic) bond motifs is 1. The van der Waals surface area contributed by atoms with Crippen molar-refractivity contribution in [2.75, 3.05) is 20.6 Å². The van der Waals surface area contributed by atoms with Crippen LogP contribution in [0.3, 0.4) is 0 Å². The molecule has 3 aromatic carbocycles. The highest BCUT2D eigenvalue weighted by atomic mass is 35.5. The first-order chi connectivity index (χ1) is 19.3. The van der Waals surface area contributed by atoms with E-state index >= 15 is 0 Å². The van der Waals surface area contributed by atoms with Gasteiger partial charge in [0, 0.05) is 31.3 Å². The average Bonchev–Trinajstić information content (AvgIpc) is 3.55. The normalized spacial score (nSPS) is 9.81. The number of benzene rings is 3. The van der Waals surface area contributed by atoms with Crippen LogP contribution in [-0.2, 0) is 19.5 Å². The van der Waals surface area contributed by atoms with Crippen LogP contribution in [0.1, 0.15) is 47.1 Å². The number of aromatic nitrogens is 4. The number of halogens is 2. The first-order valence-corrected chi connectivity index (χ1v) is 13.9. The Morgan fingerprint density at radius 1 is 0.915 bits per heavy atom. The van der Waals surface area contributed by atoms with Crippen LogP contribution >= 0.6 is 24.8 Å². The minimum atomic E-state index is -0.918. The summed E-state index contributed by atoms with van der Waals surface area (Å²) in [5, 5.41) is 9.60. The van der Waals surface area contributed by atoms with Crippen molar-refractivity contribution in [2.24, 2.45) is 0 Å². The zero-order valence-electron chi connectivity index (χ0n) is 27.1. The maximum Gasteiger partial charge on any atom is 0.336 e. The fraction of sp³-hybridized carbons (Fsp3) is 0.303. The molecule has 5 aromatic rings. The Bertz CT molecular complexity index is 1660. The molecule has 2 heterocycles. The van der Waals surface area contributed by atoms with E-state index in [1.165, 1.54) is 0 Å². The summed E-state index contributed by atoms with van der Waals surface area (Å²) in [7, 11) is 4.19. The molecule has 12 nitrogen and oxygen atoms in total. The molecular formula is C33H49Cl2N5O7. The lowest BCUT2D eigenvalue weighted by Gasteiger charge is -2.12. The highest BCUT2D eigenvalue weighted by Gasteiger charge is 2.16. The number of aryl methyl sites for hydroxylation is 3. The van der Waals surface area contributed by atoms with Crippen molar-refractivity contribution in [3.8, 4) is 22.4 Å². The van der Waals surface area contributed by atoms with Gasteiger partial charge in [-0.25, -0.2) is 14.8 Å². The van der Waals surface area contributed by atoms with Gasteiger partial charge in [-0.2, -0.15) is 0 Å². The van der Waals surface area contributed by atoms with Gasteiger partial charge >= 0.3 is 5.97 Å². The third-order valence-corrected chi connectivity index (χ3v) is 7.31. The van der Waals surface area contributed by atoms with Crippen LogP contribution in [0.4, 0.5) is 0 Å². The SMILES string of the molecule is CCCc1nc2c(C)cc(-c3cn(CCCN(C)C)cn3)cc2n1Cc1ccc(-c2ccccc2C(=O)O)cc1.Cl.Cl.O.O.O.O.O. The number of aromatic carboxylic acids is 1. The van der Waals surface area contributed by atoms with E-state index in [1.54, 1.807) is 12.1 Å². The largest absolute Gasteiger partial charge is 0.478 e. The molecule has 0 aliphatic rings. The summed E-state index contributed by atoms with van der Waals surface area (Å²) in [5.41, 5.74) is 8.43. The number of carboxylic acid groups (broad SMARTS) is 1. The number of imidazole rings is 2. The van der Waals surface area contributed by atoms with Gasteiger partial charge in [0.05, 0.1) is 28.6 Å². The minimum Gasteiger partial charge on any atom is -0.478 e. The Morgan fingerprint density at radius 3 is 2.19 bits per heavy atom. The molecule has 0 atom stereocenters. The van der Waals surface area contributed by atoms with Gasteiger partial charge < -0.3 is 46.5 Å². The predicted octanol–water partition coefficient (Wildman–Crippen LogP) is 3.25. The van der Waals surface area contributed by atoms with Gasteiger partial charge in [-0.3, -0.25) is 0 Å². The summed E-state index contributed by atoms with van der Waals surface area (Å²) in [6.45, 7) is 6.98. The van der Waals surface area contributed by atoms with Crippen molar-refractivity contribution < 1.29 is 37.3 Å². The Labute approximate surface area is 287 Å². The molecule has 262 valence electrons. The molecule has 47 heavy (non-hydrogen) atoms. The highest BCUT2D eigenvalue weighted by molar-refractivity contribution is 5.96. The van der Waals surface area contributed by atoms with E-state index in [0.717, 1.165) is 82.7 Å². The summed E-state index contributed by atoms with van der Waals surface area (Å²) in [5.74, 6) is 0.158. The molecule has 2 aromatic heterocycles. The number of hydrogen-bond acceptors (Lipinski definition) is 4. The van der Waals surface area contributed by atoms with Crippen molar-refractivity contribution in [2.45, 2.75) is 46.2 Å². The first kappa shape index (κ1) is 47.6. The van der Waals surface area contributed by atoms with Crippen molar-refractivity contribution >= 4 is 41.8 Å². The molecule has 0 aliphatic carbocycles. The van der Waals surface area contributed by atoms with E-state index in [-0.39, 0.29) is 52.2 Å². The lowest BCUT2D eigenvalue weighted by molar-refractivity contribution is 0.0697. The predicted molar refractivity (Wildman–Crippen MR) is 193 cm³/mol. The zero-order chi connectivity index (χ0) is 28.2. The van der Waals surface area contributed by atoms with Gasteiger partial charge in [-0.05, 0) is 80.9 Å². The molecule has 0 unspecified atom stereocenters. The fourth-order valence-electron chi connectivity index (χ4n) is 5.27. The van der Waals surface area contributed by atoms with E-state index in [0.29, 0.717) is 12.1 Å². The van der Waals surface area contributed by atoms with Crippen LogP contribution in [0, 0.1) is 6.92 Å². The third-order valence-electron chi connectivity index (χ3n) is 7.31. The van der Waals surface area contributed by atoms with E-state index in [9.17, 15) is 9.90 Å². The summed E-state index contributed by atoms with van der Waals surface area (Å²) >= 11 is 0. The molecule has 0 aliphatic heterocycles. The molecule has 0 saturated carbocycles. The fourth-order valence-corrected chi connectivity index (χ4v) is 5.27. The number of nitrogens with zero attached hydrogens (tertiary/aromatic N) is 5. The quantitative estimate of drug-likeness (QED) is 0.218. The lowest BCUT2D eigenvalue weighted by atomic mass is 9.98. The lowest BCUT2D eigenvalue weighted by Crippen LogP contribution is -2.14. The van der Waals surface area contributed by atoms with Crippen LogP contribution in [0.15, 0.2) is 73.2 Å². The van der Waals surface area contributed by atoms with Gasteiger partial charge in [0.1, 0.15) is 5.82 Å². The maximum absolute atomic E-state index is 11.7. The molecule has 0 radical (unpaired) electrons. The zero-order valence-corrected chi connectivity index (χ0v) is 28.7. The van der Waals surface area contributed by atoms with Gasteiger partial charge in [-0.15, -0.1) is 24.8 Å². The smallest absolute Gasteiger partial charge is 0.336 e. The van der Waals surface area contributed by atoms with Crippen LogP contribution < -0.4 is 0 Å². The highest BCUT2D eigenvalue weighted by Crippen LogP contribution is 2.29. The van der Waals surface area contributed by atoms with Crippen LogP contribution in [0.5, 0.6) is 0 Å². The Morgan fingerprint density at radius 2 is 1.57 bits per heavy atom. The molecule has 14 heteroatoms. The average molecular weight is 699 g/mol. The minimum absolute atomic E-state index is 0. The van der Waals surface area contributed by atoms with Crippen LogP contribution in [0.25, 0.3) is 33.4 Å². The Kier molecular flexibility index (Phi) is 21.4. The van der Waals surface area contributed by atoms with Crippen molar-refractivity contribution in [1.82, 2.24) is 24.0 Å². The molecule has 11 N–H and O–H groups in total. The number of carboxylic acids is 1. The molecule has 5 rings (SSSR count). The molecule has 0 spiro atoms. The second-order valence-corrected chi connectivity index (χ2v) is 10.7. The van der Waals surface area contributed by atoms with Crippen molar-refractivity contribution in [3.63, 3.8) is 0 Å². The Hall–Kier alpha value is -3.85. The van der Waals surface area contributed by atoms with Gasteiger partial charge in [0.25, 0.3) is 0 Å². The van der Waals surface area contributed by atoms with Crippen molar-refractivity contribution in [3.05, 3.63) is 95.7 Å². The summed E-state index contributed by atoms with van der Waals surface area (Å²) in [6.07, 6.45) is 7.05. The summed E-state index contributed by atoms with van der Waals surface area (Å²) in [4.78, 5) is 23.7. The van der Waals surface area contributed by atoms with Crippen LogP contribution in [-0.4, -0.2) is 83.1 Å². The molecular weight excluding hydrogens is 649 g/mol. The second kappa shape index (κ2) is 21.1. The van der Waals surface area contributed by atoms with Crippen molar-refractivity contribution in [1.29, 1.82) is 0 Å². The number of carbonyl (C=O) groups is 1. The van der Waals surface area contributed by atoms with E-state index in [1.807, 2.05) is 30.6 Å². The van der Waals surface area contributed by atoms with E-state index in [4.69, 9.17) is 9.97 Å². The number of hydrogen-bond donors (Lipinski definition) is 1. The van der Waals surface area contributed by atoms with Gasteiger partial charge in [0.15, 0.2) is 0 Å². The first-order valence-electron chi connectivity index (χ1n) is 13.9.